The number of hydrogen-bond donors (Lipinski definition) is 3. The van der Waals surface area contributed by atoms with Crippen molar-refractivity contribution in [2.24, 2.45) is 16.6 Å². The van der Waals surface area contributed by atoms with Crippen LogP contribution in [0.1, 0.15) is 5.56 Å². The molecule has 0 unspecified atom stereocenters. The van der Waals surface area contributed by atoms with Gasteiger partial charge in [-0.25, -0.2) is 4.98 Å². The summed E-state index contributed by atoms with van der Waals surface area (Å²) in [6.07, 6.45) is 1.75. The summed E-state index contributed by atoms with van der Waals surface area (Å²) in [4.78, 5) is 4.24. The lowest BCUT2D eigenvalue weighted by Crippen LogP contribution is -2.25. The maximum Gasteiger partial charge on any atom is 0.208 e. The quantitative estimate of drug-likeness (QED) is 0.338. The number of nitrogens with zero attached hydrogens (tertiary/aromatic N) is 2. The fraction of sp³-hybridized carbons (Fsp3) is 0. The molecule has 5 N–H and O–H groups in total. The molecule has 0 saturated carbocycles. The Morgan fingerprint density at radius 2 is 1.85 bits per heavy atom. The first kappa shape index (κ1) is 14.0. The van der Waals surface area contributed by atoms with E-state index in [1.807, 2.05) is 53.9 Å². The van der Waals surface area contributed by atoms with Crippen molar-refractivity contribution in [2.75, 3.05) is 0 Å². The number of nitrogens with one attached hydrogen (secondary N) is 1. The fourth-order valence-corrected chi connectivity index (χ4v) is 2.14. The summed E-state index contributed by atoms with van der Waals surface area (Å²) in [6.45, 7) is 0. The molecule has 0 amide bonds. The Hall–Kier alpha value is -2.47. The Morgan fingerprint density at radius 3 is 2.50 bits per heavy atom. The van der Waals surface area contributed by atoms with Crippen LogP contribution in [0, 0.1) is 0 Å². The summed E-state index contributed by atoms with van der Waals surface area (Å²) in [5.74, 6) is -0.0188. The molecule has 20 heavy (non-hydrogen) atoms. The topological polar surface area (TPSA) is 89.3 Å². The second kappa shape index (κ2) is 7.20. The summed E-state index contributed by atoms with van der Waals surface area (Å²) in [6, 6.07) is 15.5. The SMILES string of the molecule is NC(N)=NNC(=CSc1ccccn1)c1ccccc1. The lowest BCUT2D eigenvalue weighted by molar-refractivity contribution is 0.981. The molecule has 0 fully saturated rings. The van der Waals surface area contributed by atoms with Gasteiger partial charge in [-0.2, -0.15) is 0 Å². The third-order valence-electron chi connectivity index (χ3n) is 2.33. The molecule has 1 aromatic heterocycles. The zero-order valence-corrected chi connectivity index (χ0v) is 11.5. The molecule has 0 aliphatic rings. The molecule has 1 heterocycles. The summed E-state index contributed by atoms with van der Waals surface area (Å²) in [5, 5.41) is 6.65. The molecule has 0 saturated heterocycles. The van der Waals surface area contributed by atoms with Crippen molar-refractivity contribution in [3.05, 3.63) is 65.7 Å². The molecule has 5 nitrogen and oxygen atoms in total. The van der Waals surface area contributed by atoms with E-state index in [9.17, 15) is 0 Å². The maximum absolute atomic E-state index is 5.34. The number of aromatic nitrogens is 1. The highest BCUT2D eigenvalue weighted by atomic mass is 32.2. The van der Waals surface area contributed by atoms with Gasteiger partial charge in [0.05, 0.1) is 5.70 Å². The molecule has 0 aliphatic heterocycles. The van der Waals surface area contributed by atoms with Crippen LogP contribution in [-0.2, 0) is 0 Å². The molecule has 0 atom stereocenters. The van der Waals surface area contributed by atoms with E-state index in [-0.39, 0.29) is 5.96 Å². The molecule has 2 rings (SSSR count). The predicted octanol–water partition coefficient (Wildman–Crippen LogP) is 1.95. The van der Waals surface area contributed by atoms with E-state index in [2.05, 4.69) is 15.5 Å². The summed E-state index contributed by atoms with van der Waals surface area (Å²) in [5.41, 5.74) is 15.3. The fourth-order valence-electron chi connectivity index (χ4n) is 1.44. The van der Waals surface area contributed by atoms with Gasteiger partial charge in [-0.1, -0.05) is 48.2 Å². The van der Waals surface area contributed by atoms with Crippen LogP contribution in [0.2, 0.25) is 0 Å². The van der Waals surface area contributed by atoms with Crippen LogP contribution in [0.15, 0.2) is 70.3 Å². The highest BCUT2D eigenvalue weighted by Gasteiger charge is 2.01. The number of hydrogen-bond acceptors (Lipinski definition) is 4. The number of guanidine groups is 1. The Balaban J connectivity index is 2.20. The highest BCUT2D eigenvalue weighted by molar-refractivity contribution is 8.02. The zero-order valence-electron chi connectivity index (χ0n) is 10.7. The van der Waals surface area contributed by atoms with Crippen molar-refractivity contribution in [2.45, 2.75) is 5.03 Å². The van der Waals surface area contributed by atoms with Crippen LogP contribution in [-0.4, -0.2) is 10.9 Å². The monoisotopic (exact) mass is 285 g/mol. The first-order valence-electron chi connectivity index (χ1n) is 5.93. The van der Waals surface area contributed by atoms with E-state index in [1.165, 1.54) is 11.8 Å². The third kappa shape index (κ3) is 4.33. The number of benzene rings is 1. The average Bonchev–Trinajstić information content (AvgIpc) is 2.49. The van der Waals surface area contributed by atoms with Crippen LogP contribution in [0.3, 0.4) is 0 Å². The average molecular weight is 285 g/mol. The van der Waals surface area contributed by atoms with Crippen molar-refractivity contribution in [1.82, 2.24) is 10.4 Å². The van der Waals surface area contributed by atoms with Crippen molar-refractivity contribution in [3.8, 4) is 0 Å². The van der Waals surface area contributed by atoms with E-state index in [4.69, 9.17) is 11.5 Å². The van der Waals surface area contributed by atoms with Gasteiger partial charge in [-0.05, 0) is 12.1 Å². The maximum atomic E-state index is 5.34. The van der Waals surface area contributed by atoms with Gasteiger partial charge in [0, 0.05) is 17.2 Å². The summed E-state index contributed by atoms with van der Waals surface area (Å²) < 4.78 is 0. The van der Waals surface area contributed by atoms with Crippen LogP contribution < -0.4 is 16.9 Å². The molecule has 0 radical (unpaired) electrons. The van der Waals surface area contributed by atoms with Crippen molar-refractivity contribution in [1.29, 1.82) is 0 Å². The van der Waals surface area contributed by atoms with Gasteiger partial charge in [-0.15, -0.1) is 5.10 Å². The van der Waals surface area contributed by atoms with Gasteiger partial charge in [0.2, 0.25) is 5.96 Å². The van der Waals surface area contributed by atoms with E-state index in [1.54, 1.807) is 6.20 Å². The number of hydrazone groups is 1. The smallest absolute Gasteiger partial charge is 0.208 e. The van der Waals surface area contributed by atoms with Crippen LogP contribution >= 0.6 is 11.8 Å². The van der Waals surface area contributed by atoms with Gasteiger partial charge in [0.1, 0.15) is 5.03 Å². The molecule has 102 valence electrons. The van der Waals surface area contributed by atoms with Gasteiger partial charge in [0.25, 0.3) is 0 Å². The van der Waals surface area contributed by atoms with Gasteiger partial charge < -0.3 is 11.5 Å². The molecular weight excluding hydrogens is 270 g/mol. The van der Waals surface area contributed by atoms with Gasteiger partial charge in [0.15, 0.2) is 0 Å². The third-order valence-corrected chi connectivity index (χ3v) is 3.16. The Bertz CT molecular complexity index is 591. The molecular formula is C14H15N5S. The molecule has 0 spiro atoms. The largest absolute Gasteiger partial charge is 0.369 e. The van der Waals surface area contributed by atoms with Crippen molar-refractivity contribution in [3.63, 3.8) is 0 Å². The first-order valence-corrected chi connectivity index (χ1v) is 6.81. The van der Waals surface area contributed by atoms with E-state index in [0.717, 1.165) is 16.3 Å². The lowest BCUT2D eigenvalue weighted by Gasteiger charge is -2.07. The minimum absolute atomic E-state index is 0.0188. The van der Waals surface area contributed by atoms with Gasteiger partial charge >= 0.3 is 0 Å². The summed E-state index contributed by atoms with van der Waals surface area (Å²) >= 11 is 1.49. The number of thioether (sulfide) groups is 1. The molecule has 1 aromatic carbocycles. The molecule has 2 aromatic rings. The summed E-state index contributed by atoms with van der Waals surface area (Å²) in [7, 11) is 0. The standard InChI is InChI=1S/C14H15N5S/c15-14(16)19-18-12(11-6-2-1-3-7-11)10-20-13-8-4-5-9-17-13/h1-10,18H,(H4,15,16,19). The minimum atomic E-state index is -0.0188. The molecule has 6 heteroatoms. The van der Waals surface area contributed by atoms with Crippen LogP contribution in [0.4, 0.5) is 0 Å². The van der Waals surface area contributed by atoms with E-state index in [0.29, 0.717) is 0 Å². The van der Waals surface area contributed by atoms with E-state index >= 15 is 0 Å². The zero-order chi connectivity index (χ0) is 14.2. The minimum Gasteiger partial charge on any atom is -0.369 e. The lowest BCUT2D eigenvalue weighted by atomic mass is 10.2. The van der Waals surface area contributed by atoms with Gasteiger partial charge in [-0.3, -0.25) is 5.43 Å². The number of rotatable bonds is 5. The van der Waals surface area contributed by atoms with Crippen molar-refractivity contribution >= 4 is 23.4 Å². The Morgan fingerprint density at radius 1 is 1.10 bits per heavy atom. The molecule has 0 aliphatic carbocycles. The molecule has 0 bridgehead atoms. The van der Waals surface area contributed by atoms with Crippen molar-refractivity contribution < 1.29 is 0 Å². The van der Waals surface area contributed by atoms with Crippen LogP contribution in [0.5, 0.6) is 0 Å². The Kier molecular flexibility index (Phi) is 5.02. The normalized spacial score (nSPS) is 10.9. The first-order chi connectivity index (χ1) is 9.75. The van der Waals surface area contributed by atoms with E-state index < -0.39 is 0 Å². The highest BCUT2D eigenvalue weighted by Crippen LogP contribution is 2.21. The predicted molar refractivity (Wildman–Crippen MR) is 83.5 cm³/mol. The van der Waals surface area contributed by atoms with Crippen LogP contribution in [0.25, 0.3) is 5.70 Å². The second-order valence-corrected chi connectivity index (χ2v) is 4.72. The number of pyridine rings is 1. The number of nitrogens with two attached hydrogens (primary N) is 2. The Labute approximate surface area is 121 Å². The second-order valence-electron chi connectivity index (χ2n) is 3.83.